The molecule has 1 aliphatic carbocycles. The lowest BCUT2D eigenvalue weighted by molar-refractivity contribution is 0.413. The fraction of sp³-hybridized carbons (Fsp3) is 0.294. The summed E-state index contributed by atoms with van der Waals surface area (Å²) < 4.78 is 5.30. The first-order chi connectivity index (χ1) is 10.2. The number of methoxy groups -OCH3 is 1. The van der Waals surface area contributed by atoms with Crippen LogP contribution in [0, 0.1) is 0 Å². The molecule has 21 heavy (non-hydrogen) atoms. The fourth-order valence-electron chi connectivity index (χ4n) is 2.87. The first-order valence-corrected chi connectivity index (χ1v) is 7.47. The molecular weight excluding hydrogens is 286 g/mol. The van der Waals surface area contributed by atoms with Crippen LogP contribution in [0.2, 0.25) is 5.02 Å². The Morgan fingerprint density at radius 2 is 2.10 bits per heavy atom. The third-order valence-electron chi connectivity index (χ3n) is 3.95. The standard InChI is InChI=1S/C17H18ClNO2/c1-21-13-6-7-14-11(9-13)3-2-4-16(14)19-12-5-8-17(20)15(18)10-12/h5-10,16,19-20H,2-4H2,1H3. The van der Waals surface area contributed by atoms with E-state index >= 15 is 0 Å². The van der Waals surface area contributed by atoms with Gasteiger partial charge in [0.05, 0.1) is 18.2 Å². The van der Waals surface area contributed by atoms with Gasteiger partial charge in [-0.15, -0.1) is 0 Å². The van der Waals surface area contributed by atoms with Crippen LogP contribution in [-0.4, -0.2) is 12.2 Å². The monoisotopic (exact) mass is 303 g/mol. The number of anilines is 1. The summed E-state index contributed by atoms with van der Waals surface area (Å²) >= 11 is 5.96. The van der Waals surface area contributed by atoms with Gasteiger partial charge in [-0.25, -0.2) is 0 Å². The Morgan fingerprint density at radius 3 is 2.86 bits per heavy atom. The van der Waals surface area contributed by atoms with Crippen LogP contribution in [0.3, 0.4) is 0 Å². The molecule has 0 heterocycles. The van der Waals surface area contributed by atoms with Crippen molar-refractivity contribution in [3.8, 4) is 11.5 Å². The highest BCUT2D eigenvalue weighted by Crippen LogP contribution is 2.35. The first-order valence-electron chi connectivity index (χ1n) is 7.09. The number of phenols is 1. The number of ether oxygens (including phenoxy) is 1. The van der Waals surface area contributed by atoms with Crippen LogP contribution in [0.1, 0.15) is 30.0 Å². The Hall–Kier alpha value is -1.87. The van der Waals surface area contributed by atoms with Gasteiger partial charge in [0.1, 0.15) is 11.5 Å². The molecule has 4 heteroatoms. The van der Waals surface area contributed by atoms with Gasteiger partial charge < -0.3 is 15.2 Å². The number of nitrogens with one attached hydrogen (secondary N) is 1. The predicted molar refractivity (Wildman–Crippen MR) is 85.4 cm³/mol. The van der Waals surface area contributed by atoms with Gasteiger partial charge in [0.25, 0.3) is 0 Å². The molecule has 3 nitrogen and oxygen atoms in total. The van der Waals surface area contributed by atoms with Crippen molar-refractivity contribution in [1.82, 2.24) is 0 Å². The second kappa shape index (κ2) is 5.86. The normalized spacial score (nSPS) is 17.1. The zero-order valence-corrected chi connectivity index (χ0v) is 12.7. The third kappa shape index (κ3) is 2.93. The van der Waals surface area contributed by atoms with E-state index in [9.17, 15) is 5.11 Å². The fourth-order valence-corrected chi connectivity index (χ4v) is 3.05. The number of aromatic hydroxyl groups is 1. The molecule has 1 atom stereocenters. The number of phenolic OH excluding ortho intramolecular Hbond substituents is 1. The summed E-state index contributed by atoms with van der Waals surface area (Å²) in [5.41, 5.74) is 3.57. The van der Waals surface area contributed by atoms with Crippen molar-refractivity contribution in [2.75, 3.05) is 12.4 Å². The average Bonchev–Trinajstić information content (AvgIpc) is 2.50. The highest BCUT2D eigenvalue weighted by Gasteiger charge is 2.20. The maximum absolute atomic E-state index is 9.49. The summed E-state index contributed by atoms with van der Waals surface area (Å²) in [6.07, 6.45) is 3.31. The molecule has 0 spiro atoms. The second-order valence-electron chi connectivity index (χ2n) is 5.32. The molecular formula is C17H18ClNO2. The molecule has 3 rings (SSSR count). The van der Waals surface area contributed by atoms with Crippen LogP contribution < -0.4 is 10.1 Å². The molecule has 0 aromatic heterocycles. The van der Waals surface area contributed by atoms with E-state index in [0.29, 0.717) is 5.02 Å². The van der Waals surface area contributed by atoms with Crippen molar-refractivity contribution in [3.05, 3.63) is 52.5 Å². The van der Waals surface area contributed by atoms with E-state index in [2.05, 4.69) is 17.4 Å². The van der Waals surface area contributed by atoms with Gasteiger partial charge in [0.15, 0.2) is 0 Å². The molecule has 0 saturated carbocycles. The van der Waals surface area contributed by atoms with E-state index in [4.69, 9.17) is 16.3 Å². The maximum Gasteiger partial charge on any atom is 0.134 e. The van der Waals surface area contributed by atoms with E-state index in [0.717, 1.165) is 30.7 Å². The molecule has 1 unspecified atom stereocenters. The van der Waals surface area contributed by atoms with Crippen LogP contribution in [0.5, 0.6) is 11.5 Å². The summed E-state index contributed by atoms with van der Waals surface area (Å²) in [5.74, 6) is 1.01. The van der Waals surface area contributed by atoms with Gasteiger partial charge in [0, 0.05) is 5.69 Å². The Kier molecular flexibility index (Phi) is 3.93. The zero-order valence-electron chi connectivity index (χ0n) is 11.9. The van der Waals surface area contributed by atoms with Crippen molar-refractivity contribution in [2.24, 2.45) is 0 Å². The highest BCUT2D eigenvalue weighted by molar-refractivity contribution is 6.32. The number of aryl methyl sites for hydroxylation is 1. The minimum atomic E-state index is 0.107. The van der Waals surface area contributed by atoms with Crippen molar-refractivity contribution in [3.63, 3.8) is 0 Å². The largest absolute Gasteiger partial charge is 0.506 e. The van der Waals surface area contributed by atoms with Crippen LogP contribution in [0.25, 0.3) is 0 Å². The van der Waals surface area contributed by atoms with Gasteiger partial charge in [-0.1, -0.05) is 17.7 Å². The number of hydrogen-bond acceptors (Lipinski definition) is 3. The molecule has 0 fully saturated rings. The van der Waals surface area contributed by atoms with Gasteiger partial charge in [-0.3, -0.25) is 0 Å². The van der Waals surface area contributed by atoms with Crippen molar-refractivity contribution < 1.29 is 9.84 Å². The molecule has 0 amide bonds. The van der Waals surface area contributed by atoms with Gasteiger partial charge in [-0.05, 0) is 60.7 Å². The summed E-state index contributed by atoms with van der Waals surface area (Å²) in [6, 6.07) is 11.7. The molecule has 0 aliphatic heterocycles. The quantitative estimate of drug-likeness (QED) is 0.818. The Balaban J connectivity index is 1.86. The summed E-state index contributed by atoms with van der Waals surface area (Å²) in [6.45, 7) is 0. The maximum atomic E-state index is 9.49. The topological polar surface area (TPSA) is 41.5 Å². The lowest BCUT2D eigenvalue weighted by Gasteiger charge is -2.27. The third-order valence-corrected chi connectivity index (χ3v) is 4.26. The smallest absolute Gasteiger partial charge is 0.134 e. The highest BCUT2D eigenvalue weighted by atomic mass is 35.5. The zero-order chi connectivity index (χ0) is 14.8. The van der Waals surface area contributed by atoms with Gasteiger partial charge in [0.2, 0.25) is 0 Å². The van der Waals surface area contributed by atoms with Crippen LogP contribution in [0.15, 0.2) is 36.4 Å². The van der Waals surface area contributed by atoms with E-state index < -0.39 is 0 Å². The van der Waals surface area contributed by atoms with Crippen LogP contribution in [-0.2, 0) is 6.42 Å². The molecule has 2 N–H and O–H groups in total. The predicted octanol–water partition coefficient (Wildman–Crippen LogP) is 4.54. The number of hydrogen-bond donors (Lipinski definition) is 2. The Morgan fingerprint density at radius 1 is 1.24 bits per heavy atom. The molecule has 0 bridgehead atoms. The summed E-state index contributed by atoms with van der Waals surface area (Å²) in [7, 11) is 1.69. The molecule has 2 aromatic carbocycles. The molecule has 2 aromatic rings. The molecule has 1 aliphatic rings. The lowest BCUT2D eigenvalue weighted by Crippen LogP contribution is -2.17. The van der Waals surface area contributed by atoms with Gasteiger partial charge >= 0.3 is 0 Å². The Bertz CT molecular complexity index is 657. The summed E-state index contributed by atoms with van der Waals surface area (Å²) in [5, 5.41) is 13.4. The molecule has 110 valence electrons. The minimum Gasteiger partial charge on any atom is -0.506 e. The number of halogens is 1. The second-order valence-corrected chi connectivity index (χ2v) is 5.73. The minimum absolute atomic E-state index is 0.107. The molecule has 0 saturated heterocycles. The number of rotatable bonds is 3. The number of fused-ring (bicyclic) bond motifs is 1. The van der Waals surface area contributed by atoms with Gasteiger partial charge in [-0.2, -0.15) is 0 Å². The Labute approximate surface area is 129 Å². The van der Waals surface area contributed by atoms with Crippen molar-refractivity contribution in [2.45, 2.75) is 25.3 Å². The SMILES string of the molecule is COc1ccc2c(c1)CCCC2Nc1ccc(O)c(Cl)c1. The average molecular weight is 304 g/mol. The molecule has 0 radical (unpaired) electrons. The summed E-state index contributed by atoms with van der Waals surface area (Å²) in [4.78, 5) is 0. The first kappa shape index (κ1) is 14.1. The lowest BCUT2D eigenvalue weighted by atomic mass is 9.87. The van der Waals surface area contributed by atoms with E-state index in [1.54, 1.807) is 19.2 Å². The van der Waals surface area contributed by atoms with Crippen molar-refractivity contribution in [1.29, 1.82) is 0 Å². The number of benzene rings is 2. The van der Waals surface area contributed by atoms with Crippen LogP contribution in [0.4, 0.5) is 5.69 Å². The van der Waals surface area contributed by atoms with E-state index in [1.807, 2.05) is 12.1 Å². The van der Waals surface area contributed by atoms with E-state index in [-0.39, 0.29) is 11.8 Å². The van der Waals surface area contributed by atoms with Crippen LogP contribution >= 0.6 is 11.6 Å². The van der Waals surface area contributed by atoms with Crippen molar-refractivity contribution >= 4 is 17.3 Å². The van der Waals surface area contributed by atoms with E-state index in [1.165, 1.54) is 11.1 Å².